The van der Waals surface area contributed by atoms with Crippen LogP contribution in [0.5, 0.6) is 5.75 Å². The zero-order chi connectivity index (χ0) is 13.3. The average Bonchev–Trinajstić information content (AvgIpc) is 2.36. The molecule has 1 aliphatic heterocycles. The summed E-state index contributed by atoms with van der Waals surface area (Å²) in [5, 5.41) is 0. The molecule has 0 saturated carbocycles. The second-order valence-electron chi connectivity index (χ2n) is 4.54. The Morgan fingerprint density at radius 3 is 2.83 bits per heavy atom. The Balaban J connectivity index is 2.37. The van der Waals surface area contributed by atoms with E-state index in [0.717, 1.165) is 22.2 Å². The minimum atomic E-state index is -0.0773. The van der Waals surface area contributed by atoms with E-state index in [1.165, 1.54) is 0 Å². The van der Waals surface area contributed by atoms with E-state index in [4.69, 9.17) is 10.5 Å². The lowest BCUT2D eigenvalue weighted by Crippen LogP contribution is -2.46. The van der Waals surface area contributed by atoms with Crippen molar-refractivity contribution in [3.05, 3.63) is 28.2 Å². The van der Waals surface area contributed by atoms with Gasteiger partial charge in [0.15, 0.2) is 0 Å². The second-order valence-corrected chi connectivity index (χ2v) is 5.39. The van der Waals surface area contributed by atoms with E-state index in [0.29, 0.717) is 6.42 Å². The van der Waals surface area contributed by atoms with Crippen LogP contribution in [0.15, 0.2) is 22.7 Å². The summed E-state index contributed by atoms with van der Waals surface area (Å²) in [5.41, 5.74) is 7.18. The number of ether oxygens (including phenoxy) is 1. The SMILES string of the molecule is COc1ccc(C2C(N)CCC(=O)N2C)c(Br)c1. The van der Waals surface area contributed by atoms with Gasteiger partial charge in [0.1, 0.15) is 5.75 Å². The van der Waals surface area contributed by atoms with Crippen molar-refractivity contribution in [2.24, 2.45) is 5.73 Å². The molecule has 2 N–H and O–H groups in total. The Morgan fingerprint density at radius 1 is 1.50 bits per heavy atom. The summed E-state index contributed by atoms with van der Waals surface area (Å²) in [6, 6.07) is 5.64. The molecule has 1 aromatic carbocycles. The molecule has 4 nitrogen and oxygen atoms in total. The predicted octanol–water partition coefficient (Wildman–Crippen LogP) is 2.08. The van der Waals surface area contributed by atoms with Crippen molar-refractivity contribution >= 4 is 21.8 Å². The van der Waals surface area contributed by atoms with Gasteiger partial charge in [0, 0.05) is 24.0 Å². The fraction of sp³-hybridized carbons (Fsp3) is 0.462. The highest BCUT2D eigenvalue weighted by molar-refractivity contribution is 9.10. The quantitative estimate of drug-likeness (QED) is 0.909. The van der Waals surface area contributed by atoms with Gasteiger partial charge in [-0.2, -0.15) is 0 Å². The van der Waals surface area contributed by atoms with Crippen LogP contribution in [0.4, 0.5) is 0 Å². The minimum Gasteiger partial charge on any atom is -0.497 e. The largest absolute Gasteiger partial charge is 0.497 e. The van der Waals surface area contributed by atoms with Crippen LogP contribution in [0.25, 0.3) is 0 Å². The molecule has 0 bridgehead atoms. The number of carbonyl (C=O) groups is 1. The van der Waals surface area contributed by atoms with E-state index in [1.807, 2.05) is 25.2 Å². The number of hydrogen-bond acceptors (Lipinski definition) is 3. The number of carbonyl (C=O) groups excluding carboxylic acids is 1. The third-order valence-corrected chi connectivity index (χ3v) is 4.12. The highest BCUT2D eigenvalue weighted by Crippen LogP contribution is 2.35. The van der Waals surface area contributed by atoms with Gasteiger partial charge in [-0.3, -0.25) is 4.79 Å². The molecule has 1 aromatic rings. The van der Waals surface area contributed by atoms with Crippen molar-refractivity contribution in [3.8, 4) is 5.75 Å². The number of nitrogens with two attached hydrogens (primary N) is 1. The lowest BCUT2D eigenvalue weighted by atomic mass is 9.91. The van der Waals surface area contributed by atoms with E-state index in [1.54, 1.807) is 12.0 Å². The number of nitrogens with zero attached hydrogens (tertiary/aromatic N) is 1. The number of methoxy groups -OCH3 is 1. The molecule has 5 heteroatoms. The number of benzene rings is 1. The first kappa shape index (κ1) is 13.4. The molecule has 0 spiro atoms. The Bertz CT molecular complexity index is 464. The number of piperidine rings is 1. The van der Waals surface area contributed by atoms with Crippen LogP contribution in [0.3, 0.4) is 0 Å². The maximum atomic E-state index is 11.8. The van der Waals surface area contributed by atoms with Gasteiger partial charge < -0.3 is 15.4 Å². The summed E-state index contributed by atoms with van der Waals surface area (Å²) in [4.78, 5) is 13.5. The Morgan fingerprint density at radius 2 is 2.22 bits per heavy atom. The molecule has 1 aliphatic rings. The van der Waals surface area contributed by atoms with E-state index in [9.17, 15) is 4.79 Å². The van der Waals surface area contributed by atoms with Gasteiger partial charge in [-0.1, -0.05) is 22.0 Å². The van der Waals surface area contributed by atoms with Crippen molar-refractivity contribution in [3.63, 3.8) is 0 Å². The highest BCUT2D eigenvalue weighted by atomic mass is 79.9. The third-order valence-electron chi connectivity index (χ3n) is 3.43. The van der Waals surface area contributed by atoms with Crippen LogP contribution < -0.4 is 10.5 Å². The minimum absolute atomic E-state index is 0.0302. The summed E-state index contributed by atoms with van der Waals surface area (Å²) >= 11 is 3.52. The number of halogens is 1. The van der Waals surface area contributed by atoms with Crippen molar-refractivity contribution in [2.75, 3.05) is 14.2 Å². The number of likely N-dealkylation sites (N-methyl/N-ethyl adjacent to an activating group) is 1. The van der Waals surface area contributed by atoms with Crippen LogP contribution >= 0.6 is 15.9 Å². The van der Waals surface area contributed by atoms with E-state index < -0.39 is 0 Å². The standard InChI is InChI=1S/C13H17BrN2O2/c1-16-12(17)6-5-11(15)13(16)9-4-3-8(18-2)7-10(9)14/h3-4,7,11,13H,5-6,15H2,1-2H3. The molecule has 1 heterocycles. The second kappa shape index (κ2) is 5.28. The van der Waals surface area contributed by atoms with Gasteiger partial charge in [0.25, 0.3) is 0 Å². The topological polar surface area (TPSA) is 55.6 Å². The van der Waals surface area contributed by atoms with Gasteiger partial charge >= 0.3 is 0 Å². The lowest BCUT2D eigenvalue weighted by molar-refractivity contribution is -0.135. The van der Waals surface area contributed by atoms with Gasteiger partial charge in [0.2, 0.25) is 5.91 Å². The van der Waals surface area contributed by atoms with E-state index >= 15 is 0 Å². The fourth-order valence-corrected chi connectivity index (χ4v) is 2.97. The van der Waals surface area contributed by atoms with Crippen LogP contribution in [0, 0.1) is 0 Å². The molecule has 1 saturated heterocycles. The molecule has 1 amide bonds. The zero-order valence-corrected chi connectivity index (χ0v) is 12.1. The smallest absolute Gasteiger partial charge is 0.222 e. The molecule has 0 radical (unpaired) electrons. The van der Waals surface area contributed by atoms with Crippen LogP contribution in [-0.4, -0.2) is 31.0 Å². The summed E-state index contributed by atoms with van der Waals surface area (Å²) in [7, 11) is 3.44. The predicted molar refractivity (Wildman–Crippen MR) is 73.4 cm³/mol. The first-order valence-electron chi connectivity index (χ1n) is 5.89. The summed E-state index contributed by atoms with van der Waals surface area (Å²) in [6.07, 6.45) is 1.26. The van der Waals surface area contributed by atoms with Crippen LogP contribution in [0.1, 0.15) is 24.4 Å². The number of likely N-dealkylation sites (tertiary alicyclic amines) is 1. The molecular formula is C13H17BrN2O2. The molecule has 18 heavy (non-hydrogen) atoms. The van der Waals surface area contributed by atoms with E-state index in [-0.39, 0.29) is 18.0 Å². The lowest BCUT2D eigenvalue weighted by Gasteiger charge is -2.38. The van der Waals surface area contributed by atoms with Gasteiger partial charge in [-0.05, 0) is 24.1 Å². The van der Waals surface area contributed by atoms with E-state index in [2.05, 4.69) is 15.9 Å². The van der Waals surface area contributed by atoms with Crippen molar-refractivity contribution in [1.82, 2.24) is 4.90 Å². The third kappa shape index (κ3) is 2.37. The molecule has 1 fully saturated rings. The highest BCUT2D eigenvalue weighted by Gasteiger charge is 2.33. The fourth-order valence-electron chi connectivity index (χ4n) is 2.38. The Kier molecular flexibility index (Phi) is 3.92. The maximum Gasteiger partial charge on any atom is 0.222 e. The summed E-state index contributed by atoms with van der Waals surface area (Å²) in [6.45, 7) is 0. The number of rotatable bonds is 2. The van der Waals surface area contributed by atoms with Gasteiger partial charge in [-0.25, -0.2) is 0 Å². The van der Waals surface area contributed by atoms with Crippen LogP contribution in [0.2, 0.25) is 0 Å². The molecule has 98 valence electrons. The molecule has 2 atom stereocenters. The normalized spacial score (nSPS) is 24.2. The summed E-state index contributed by atoms with van der Waals surface area (Å²) in [5.74, 6) is 0.924. The van der Waals surface area contributed by atoms with Gasteiger partial charge in [0.05, 0.1) is 13.2 Å². The maximum absolute atomic E-state index is 11.8. The monoisotopic (exact) mass is 312 g/mol. The van der Waals surface area contributed by atoms with Crippen LogP contribution in [-0.2, 0) is 4.79 Å². The molecule has 0 aromatic heterocycles. The molecular weight excluding hydrogens is 296 g/mol. The zero-order valence-electron chi connectivity index (χ0n) is 10.5. The van der Waals surface area contributed by atoms with Crippen molar-refractivity contribution in [1.29, 1.82) is 0 Å². The Hall–Kier alpha value is -1.07. The molecule has 2 unspecified atom stereocenters. The first-order chi connectivity index (χ1) is 8.54. The van der Waals surface area contributed by atoms with Crippen molar-refractivity contribution in [2.45, 2.75) is 24.9 Å². The number of amides is 1. The van der Waals surface area contributed by atoms with Crippen molar-refractivity contribution < 1.29 is 9.53 Å². The Labute approximate surface area is 115 Å². The molecule has 2 rings (SSSR count). The first-order valence-corrected chi connectivity index (χ1v) is 6.68. The number of hydrogen-bond donors (Lipinski definition) is 1. The van der Waals surface area contributed by atoms with Gasteiger partial charge in [-0.15, -0.1) is 0 Å². The summed E-state index contributed by atoms with van der Waals surface area (Å²) < 4.78 is 6.09. The molecule has 0 aliphatic carbocycles. The average molecular weight is 313 g/mol.